The van der Waals surface area contributed by atoms with Gasteiger partial charge in [0, 0.05) is 29.9 Å². The highest BCUT2D eigenvalue weighted by Crippen LogP contribution is 2.27. The molecule has 2 aliphatic heterocycles. The van der Waals surface area contributed by atoms with Gasteiger partial charge in [0.2, 0.25) is 0 Å². The van der Waals surface area contributed by atoms with Crippen LogP contribution in [0.15, 0.2) is 48.5 Å². The number of anilines is 1. The Morgan fingerprint density at radius 1 is 0.833 bits per heavy atom. The highest BCUT2D eigenvalue weighted by Gasteiger charge is 2.26. The van der Waals surface area contributed by atoms with Crippen LogP contribution in [-0.4, -0.2) is 24.9 Å². The predicted octanol–water partition coefficient (Wildman–Crippen LogP) is 3.10. The smallest absolute Gasteiger partial charge is 0.258 e. The quantitative estimate of drug-likeness (QED) is 0.684. The molecule has 0 unspecified atom stereocenters. The molecule has 2 amide bonds. The lowest BCUT2D eigenvalue weighted by Crippen LogP contribution is -2.36. The monoisotopic (exact) mass is 318 g/mol. The second-order valence-corrected chi connectivity index (χ2v) is 6.17. The van der Waals surface area contributed by atoms with Crippen LogP contribution < -0.4 is 10.2 Å². The summed E-state index contributed by atoms with van der Waals surface area (Å²) in [6.07, 6.45) is 4.34. The molecule has 0 aromatic heterocycles. The van der Waals surface area contributed by atoms with Crippen molar-refractivity contribution in [2.45, 2.75) is 12.8 Å². The molecule has 0 aliphatic carbocycles. The number of benzene rings is 2. The van der Waals surface area contributed by atoms with Crippen molar-refractivity contribution in [3.8, 4) is 0 Å². The van der Waals surface area contributed by atoms with Crippen LogP contribution in [0.5, 0.6) is 0 Å². The largest absolute Gasteiger partial charge is 0.372 e. The Kier molecular flexibility index (Phi) is 3.65. The fourth-order valence-corrected chi connectivity index (χ4v) is 3.34. The van der Waals surface area contributed by atoms with Crippen molar-refractivity contribution in [3.63, 3.8) is 0 Å². The van der Waals surface area contributed by atoms with E-state index in [1.807, 2.05) is 30.3 Å². The molecule has 24 heavy (non-hydrogen) atoms. The van der Waals surface area contributed by atoms with Gasteiger partial charge >= 0.3 is 0 Å². The first-order valence-electron chi connectivity index (χ1n) is 8.24. The van der Waals surface area contributed by atoms with E-state index in [0.717, 1.165) is 18.7 Å². The number of amides is 2. The number of fused-ring (bicyclic) bond motifs is 1. The van der Waals surface area contributed by atoms with Crippen molar-refractivity contribution in [3.05, 3.63) is 65.2 Å². The van der Waals surface area contributed by atoms with E-state index in [0.29, 0.717) is 16.7 Å². The predicted molar refractivity (Wildman–Crippen MR) is 94.7 cm³/mol. The Morgan fingerprint density at radius 2 is 1.50 bits per heavy atom. The Balaban J connectivity index is 1.68. The SMILES string of the molecule is O=C1NC(=O)c2ccccc2/C1=C/c1ccc(N2CCCC2)cc1. The zero-order chi connectivity index (χ0) is 16.5. The third-order valence-corrected chi connectivity index (χ3v) is 4.61. The van der Waals surface area contributed by atoms with Crippen molar-refractivity contribution in [2.24, 2.45) is 0 Å². The van der Waals surface area contributed by atoms with Gasteiger partial charge in [0.25, 0.3) is 11.8 Å². The minimum absolute atomic E-state index is 0.336. The summed E-state index contributed by atoms with van der Waals surface area (Å²) in [5.74, 6) is -0.681. The molecule has 2 aliphatic rings. The van der Waals surface area contributed by atoms with E-state index in [2.05, 4.69) is 22.3 Å². The molecule has 0 saturated carbocycles. The van der Waals surface area contributed by atoms with Crippen molar-refractivity contribution < 1.29 is 9.59 Å². The third-order valence-electron chi connectivity index (χ3n) is 4.61. The standard InChI is InChI=1S/C20H18N2O2/c23-19-17-6-2-1-5-16(17)18(20(24)21-19)13-14-7-9-15(10-8-14)22-11-3-4-12-22/h1-2,5-10,13H,3-4,11-12H2,(H,21,23,24)/b18-13-. The van der Waals surface area contributed by atoms with E-state index in [1.165, 1.54) is 18.5 Å². The summed E-state index contributed by atoms with van der Waals surface area (Å²) < 4.78 is 0. The van der Waals surface area contributed by atoms with Gasteiger partial charge in [-0.25, -0.2) is 0 Å². The molecule has 1 N–H and O–H groups in total. The molecular weight excluding hydrogens is 300 g/mol. The van der Waals surface area contributed by atoms with E-state index in [9.17, 15) is 9.59 Å². The molecule has 120 valence electrons. The normalized spacial score (nSPS) is 18.7. The number of carbonyl (C=O) groups is 2. The number of carbonyl (C=O) groups excluding carboxylic acids is 2. The lowest BCUT2D eigenvalue weighted by atomic mass is 9.93. The molecule has 0 spiro atoms. The van der Waals surface area contributed by atoms with Crippen LogP contribution in [0.2, 0.25) is 0 Å². The first kappa shape index (κ1) is 14.7. The maximum absolute atomic E-state index is 12.2. The van der Waals surface area contributed by atoms with Gasteiger partial charge in [-0.3, -0.25) is 14.9 Å². The molecule has 2 aromatic rings. The van der Waals surface area contributed by atoms with Gasteiger partial charge in [0.05, 0.1) is 0 Å². The second-order valence-electron chi connectivity index (χ2n) is 6.17. The Labute approximate surface area is 140 Å². The fraction of sp³-hybridized carbons (Fsp3) is 0.200. The molecular formula is C20H18N2O2. The van der Waals surface area contributed by atoms with Gasteiger partial charge in [-0.15, -0.1) is 0 Å². The van der Waals surface area contributed by atoms with Gasteiger partial charge in [0.1, 0.15) is 0 Å². The second kappa shape index (κ2) is 5.96. The van der Waals surface area contributed by atoms with Crippen LogP contribution in [0, 0.1) is 0 Å². The molecule has 0 atom stereocenters. The van der Waals surface area contributed by atoms with E-state index < -0.39 is 0 Å². The number of hydrogen-bond donors (Lipinski definition) is 1. The van der Waals surface area contributed by atoms with Crippen LogP contribution >= 0.6 is 0 Å². The Morgan fingerprint density at radius 3 is 2.21 bits per heavy atom. The van der Waals surface area contributed by atoms with Crippen LogP contribution in [-0.2, 0) is 4.79 Å². The highest BCUT2D eigenvalue weighted by atomic mass is 16.2. The first-order chi connectivity index (χ1) is 11.7. The number of nitrogens with one attached hydrogen (secondary N) is 1. The Hall–Kier alpha value is -2.88. The van der Waals surface area contributed by atoms with E-state index >= 15 is 0 Å². The number of nitrogens with zero attached hydrogens (tertiary/aromatic N) is 1. The zero-order valence-electron chi connectivity index (χ0n) is 13.3. The van der Waals surface area contributed by atoms with Crippen LogP contribution in [0.1, 0.15) is 34.3 Å². The molecule has 0 bridgehead atoms. The molecule has 2 heterocycles. The summed E-state index contributed by atoms with van der Waals surface area (Å²) in [7, 11) is 0. The molecule has 4 heteroatoms. The summed E-state index contributed by atoms with van der Waals surface area (Å²) in [6.45, 7) is 2.22. The van der Waals surface area contributed by atoms with Crippen molar-refractivity contribution in [1.82, 2.24) is 5.32 Å². The summed E-state index contributed by atoms with van der Waals surface area (Å²) in [5.41, 5.74) is 3.93. The zero-order valence-corrected chi connectivity index (χ0v) is 13.3. The summed E-state index contributed by atoms with van der Waals surface area (Å²) in [4.78, 5) is 26.5. The summed E-state index contributed by atoms with van der Waals surface area (Å²) in [6, 6.07) is 15.4. The first-order valence-corrected chi connectivity index (χ1v) is 8.24. The summed E-state index contributed by atoms with van der Waals surface area (Å²) in [5, 5.41) is 2.41. The minimum Gasteiger partial charge on any atom is -0.372 e. The van der Waals surface area contributed by atoms with Crippen LogP contribution in [0.25, 0.3) is 11.6 Å². The van der Waals surface area contributed by atoms with Gasteiger partial charge in [0.15, 0.2) is 0 Å². The average molecular weight is 318 g/mol. The molecule has 2 aromatic carbocycles. The molecule has 4 rings (SSSR count). The molecule has 1 saturated heterocycles. The van der Waals surface area contributed by atoms with Crippen molar-refractivity contribution in [2.75, 3.05) is 18.0 Å². The Bertz CT molecular complexity index is 831. The maximum atomic E-state index is 12.2. The fourth-order valence-electron chi connectivity index (χ4n) is 3.34. The lowest BCUT2D eigenvalue weighted by molar-refractivity contribution is -0.114. The molecule has 1 fully saturated rings. The number of rotatable bonds is 2. The van der Waals surface area contributed by atoms with E-state index in [1.54, 1.807) is 12.1 Å². The number of imide groups is 1. The topological polar surface area (TPSA) is 49.4 Å². The summed E-state index contributed by atoms with van der Waals surface area (Å²) >= 11 is 0. The van der Waals surface area contributed by atoms with Gasteiger partial charge in [-0.2, -0.15) is 0 Å². The van der Waals surface area contributed by atoms with Gasteiger partial charge < -0.3 is 4.90 Å². The van der Waals surface area contributed by atoms with E-state index in [-0.39, 0.29) is 11.8 Å². The molecule has 4 nitrogen and oxygen atoms in total. The third kappa shape index (κ3) is 2.60. The van der Waals surface area contributed by atoms with Crippen LogP contribution in [0.3, 0.4) is 0 Å². The van der Waals surface area contributed by atoms with E-state index in [4.69, 9.17) is 0 Å². The highest BCUT2D eigenvalue weighted by molar-refractivity contribution is 6.33. The minimum atomic E-state index is -0.345. The maximum Gasteiger partial charge on any atom is 0.258 e. The van der Waals surface area contributed by atoms with Crippen molar-refractivity contribution in [1.29, 1.82) is 0 Å². The number of hydrogen-bond acceptors (Lipinski definition) is 3. The van der Waals surface area contributed by atoms with Gasteiger partial charge in [-0.1, -0.05) is 30.3 Å². The van der Waals surface area contributed by atoms with Gasteiger partial charge in [-0.05, 0) is 48.2 Å². The van der Waals surface area contributed by atoms with Crippen LogP contribution in [0.4, 0.5) is 5.69 Å². The average Bonchev–Trinajstić information content (AvgIpc) is 3.14. The molecule has 0 radical (unpaired) electrons. The van der Waals surface area contributed by atoms with Crippen molar-refractivity contribution >= 4 is 29.2 Å². The lowest BCUT2D eigenvalue weighted by Gasteiger charge is -2.19.